The van der Waals surface area contributed by atoms with Gasteiger partial charge in [-0.1, -0.05) is 63.4 Å². The Morgan fingerprint density at radius 1 is 1.02 bits per heavy atom. The Labute approximate surface area is 269 Å². The van der Waals surface area contributed by atoms with Gasteiger partial charge in [0.1, 0.15) is 29.4 Å². The van der Waals surface area contributed by atoms with Gasteiger partial charge in [0.25, 0.3) is 5.91 Å². The molecule has 0 bridgehead atoms. The van der Waals surface area contributed by atoms with Crippen molar-refractivity contribution >= 4 is 24.2 Å². The minimum atomic E-state index is -0.759. The third-order valence-corrected chi connectivity index (χ3v) is 7.39. The average Bonchev–Trinajstić information content (AvgIpc) is 3.56. The van der Waals surface area contributed by atoms with Crippen molar-refractivity contribution < 1.29 is 43.0 Å². The average molecular weight is 638 g/mol. The maximum absolute atomic E-state index is 13.4. The largest absolute Gasteiger partial charge is 0.507 e. The number of unbranched alkanes of at least 4 members (excludes halogenated alkanes) is 2. The molecule has 2 atom stereocenters. The van der Waals surface area contributed by atoms with Crippen LogP contribution in [-0.2, 0) is 25.8 Å². The van der Waals surface area contributed by atoms with Gasteiger partial charge in [0, 0.05) is 5.56 Å². The number of rotatable bonds is 19. The van der Waals surface area contributed by atoms with Crippen molar-refractivity contribution in [3.8, 4) is 22.8 Å². The molecule has 248 valence electrons. The van der Waals surface area contributed by atoms with Gasteiger partial charge in [0.2, 0.25) is 12.3 Å². The van der Waals surface area contributed by atoms with Crippen LogP contribution in [0.25, 0.3) is 11.3 Å². The van der Waals surface area contributed by atoms with E-state index in [4.69, 9.17) is 18.7 Å². The van der Waals surface area contributed by atoms with E-state index in [0.717, 1.165) is 24.8 Å². The van der Waals surface area contributed by atoms with Crippen LogP contribution in [0, 0.1) is 5.92 Å². The molecule has 0 fully saturated rings. The fraction of sp³-hybridized carbons (Fsp3) is 0.412. The van der Waals surface area contributed by atoms with E-state index in [1.165, 1.54) is 36.4 Å². The van der Waals surface area contributed by atoms with E-state index in [1.54, 1.807) is 6.92 Å². The highest BCUT2D eigenvalue weighted by molar-refractivity contribution is 5.97. The minimum absolute atomic E-state index is 0.0360. The van der Waals surface area contributed by atoms with Crippen LogP contribution in [0.15, 0.2) is 59.0 Å². The number of methoxy groups -OCH3 is 1. The lowest BCUT2D eigenvalue weighted by atomic mass is 9.90. The predicted octanol–water partition coefficient (Wildman–Crippen LogP) is 5.21. The number of esters is 1. The first kappa shape index (κ1) is 35.6. The number of phenolic OH excluding ortho intramolecular Hbond substituents is 1. The number of nitrogens with zero attached hydrogens (tertiary/aromatic N) is 1. The summed E-state index contributed by atoms with van der Waals surface area (Å²) in [5, 5.41) is 17.1. The van der Waals surface area contributed by atoms with E-state index < -0.39 is 23.8 Å². The number of carbonyl (C=O) groups is 4. The molecule has 3 aromatic rings. The van der Waals surface area contributed by atoms with Crippen molar-refractivity contribution in [2.24, 2.45) is 5.92 Å². The van der Waals surface area contributed by atoms with Crippen LogP contribution in [0.1, 0.15) is 79.4 Å². The van der Waals surface area contributed by atoms with Crippen LogP contribution < -0.4 is 15.4 Å². The number of furan rings is 1. The Kier molecular flexibility index (Phi) is 14.1. The van der Waals surface area contributed by atoms with Gasteiger partial charge in [0.05, 0.1) is 32.3 Å². The number of benzene rings is 2. The molecule has 1 unspecified atom stereocenters. The zero-order valence-electron chi connectivity index (χ0n) is 26.7. The quantitative estimate of drug-likeness (QED) is 0.0528. The summed E-state index contributed by atoms with van der Waals surface area (Å²) in [7, 11) is 1.20. The van der Waals surface area contributed by atoms with Gasteiger partial charge in [-0.3, -0.25) is 19.2 Å². The van der Waals surface area contributed by atoms with Crippen LogP contribution in [-0.4, -0.2) is 60.8 Å². The summed E-state index contributed by atoms with van der Waals surface area (Å²) < 4.78 is 16.0. The van der Waals surface area contributed by atoms with E-state index in [1.807, 2.05) is 37.3 Å². The third kappa shape index (κ3) is 9.58. The fourth-order valence-corrected chi connectivity index (χ4v) is 5.05. The Bertz CT molecular complexity index is 1440. The van der Waals surface area contributed by atoms with E-state index in [-0.39, 0.29) is 54.4 Å². The van der Waals surface area contributed by atoms with E-state index in [2.05, 4.69) is 17.6 Å². The van der Waals surface area contributed by atoms with Crippen molar-refractivity contribution in [1.29, 1.82) is 0 Å². The molecule has 1 heterocycles. The highest BCUT2D eigenvalue weighted by Crippen LogP contribution is 2.36. The Morgan fingerprint density at radius 2 is 1.78 bits per heavy atom. The van der Waals surface area contributed by atoms with E-state index >= 15 is 0 Å². The van der Waals surface area contributed by atoms with Crippen LogP contribution >= 0.6 is 0 Å². The number of ether oxygens (including phenoxy) is 2. The third-order valence-electron chi connectivity index (χ3n) is 7.39. The maximum atomic E-state index is 13.4. The molecule has 12 nitrogen and oxygen atoms in total. The molecule has 46 heavy (non-hydrogen) atoms. The van der Waals surface area contributed by atoms with Crippen molar-refractivity contribution in [2.75, 3.05) is 20.4 Å². The number of hydrogen-bond acceptors (Lipinski definition) is 9. The lowest BCUT2D eigenvalue weighted by Crippen LogP contribution is -2.48. The minimum Gasteiger partial charge on any atom is -0.507 e. The van der Waals surface area contributed by atoms with Crippen molar-refractivity contribution in [2.45, 2.75) is 65.5 Å². The SMILES string of the molecule is CCCCCC(C(=O)NCNC(=O)c1ccc(-c2cc(O)c(C(=O)OC)c(OCC)c2)o1)[C@@H](CC)N(C=O)OCc1ccccc1. The Balaban J connectivity index is 1.66. The number of hydrogen-bond donors (Lipinski definition) is 3. The molecule has 0 saturated carbocycles. The zero-order valence-corrected chi connectivity index (χ0v) is 26.7. The molecule has 0 radical (unpaired) electrons. The predicted molar refractivity (Wildman–Crippen MR) is 170 cm³/mol. The number of amides is 3. The van der Waals surface area contributed by atoms with E-state index in [9.17, 15) is 24.3 Å². The first-order valence-corrected chi connectivity index (χ1v) is 15.4. The summed E-state index contributed by atoms with van der Waals surface area (Å²) in [6.07, 6.45) is 4.32. The second-order valence-corrected chi connectivity index (χ2v) is 10.5. The monoisotopic (exact) mass is 637 g/mol. The first-order chi connectivity index (χ1) is 22.3. The zero-order chi connectivity index (χ0) is 33.5. The van der Waals surface area contributed by atoms with Crippen LogP contribution in [0.5, 0.6) is 11.5 Å². The van der Waals surface area contributed by atoms with Gasteiger partial charge in [0.15, 0.2) is 5.76 Å². The van der Waals surface area contributed by atoms with Crippen LogP contribution in [0.4, 0.5) is 0 Å². The van der Waals surface area contributed by atoms with Crippen LogP contribution in [0.3, 0.4) is 0 Å². The Morgan fingerprint density at radius 3 is 2.43 bits per heavy atom. The molecule has 0 aliphatic rings. The summed E-state index contributed by atoms with van der Waals surface area (Å²) in [6.45, 7) is 5.93. The van der Waals surface area contributed by atoms with Gasteiger partial charge in [-0.25, -0.2) is 9.86 Å². The molecule has 2 aromatic carbocycles. The summed E-state index contributed by atoms with van der Waals surface area (Å²) in [4.78, 5) is 56.2. The number of aromatic hydroxyl groups is 1. The Hall–Kier alpha value is -4.84. The van der Waals surface area contributed by atoms with Gasteiger partial charge in [-0.2, -0.15) is 0 Å². The van der Waals surface area contributed by atoms with Gasteiger partial charge in [-0.15, -0.1) is 0 Å². The summed E-state index contributed by atoms with van der Waals surface area (Å²) in [5.41, 5.74) is 1.14. The van der Waals surface area contributed by atoms with Crippen molar-refractivity contribution in [3.63, 3.8) is 0 Å². The van der Waals surface area contributed by atoms with Gasteiger partial charge in [-0.05, 0) is 49.6 Å². The standard InChI is InChI=1S/C34H43N3O9/c1-5-8-10-15-25(26(6-2)37(22-38)45-20-23-13-11-9-12-14-23)32(40)35-21-36-33(41)29-17-16-28(46-29)24-18-27(39)31(34(42)43-4)30(19-24)44-7-3/h9,11-14,16-19,22,25-26,39H,5-8,10,15,20-21H2,1-4H3,(H,35,40)(H,36,41)/t25?,26-/m1/s1. The summed E-state index contributed by atoms with van der Waals surface area (Å²) in [5.74, 6) is -2.28. The molecule has 3 amide bonds. The lowest BCUT2D eigenvalue weighted by molar-refractivity contribution is -0.200. The number of hydroxylamine groups is 2. The summed E-state index contributed by atoms with van der Waals surface area (Å²) in [6, 6.07) is 14.7. The number of phenols is 1. The first-order valence-electron chi connectivity index (χ1n) is 15.4. The normalized spacial score (nSPS) is 12.1. The second-order valence-electron chi connectivity index (χ2n) is 10.5. The smallest absolute Gasteiger partial charge is 0.345 e. The highest BCUT2D eigenvalue weighted by Gasteiger charge is 2.32. The van der Waals surface area contributed by atoms with Gasteiger partial charge >= 0.3 is 5.97 Å². The van der Waals surface area contributed by atoms with Crippen LogP contribution in [0.2, 0.25) is 0 Å². The molecule has 1 aromatic heterocycles. The molecule has 12 heteroatoms. The highest BCUT2D eigenvalue weighted by atomic mass is 16.7. The fourth-order valence-electron chi connectivity index (χ4n) is 5.05. The molecular formula is C34H43N3O9. The molecule has 0 aliphatic carbocycles. The molecule has 0 spiro atoms. The molecule has 0 aliphatic heterocycles. The maximum Gasteiger partial charge on any atom is 0.345 e. The van der Waals surface area contributed by atoms with Gasteiger partial charge < -0.3 is 29.6 Å². The lowest BCUT2D eigenvalue weighted by Gasteiger charge is -2.32. The topological polar surface area (TPSA) is 157 Å². The second kappa shape index (κ2) is 18.2. The number of nitrogens with one attached hydrogen (secondary N) is 2. The van der Waals surface area contributed by atoms with Crippen molar-refractivity contribution in [1.82, 2.24) is 15.7 Å². The van der Waals surface area contributed by atoms with Crippen molar-refractivity contribution in [3.05, 3.63) is 71.5 Å². The molecule has 3 rings (SSSR count). The molecule has 3 N–H and O–H groups in total. The molecular weight excluding hydrogens is 594 g/mol. The molecule has 0 saturated heterocycles. The number of carbonyl (C=O) groups excluding carboxylic acids is 4. The van der Waals surface area contributed by atoms with E-state index in [0.29, 0.717) is 24.8 Å². The summed E-state index contributed by atoms with van der Waals surface area (Å²) >= 11 is 0.